The van der Waals surface area contributed by atoms with E-state index in [9.17, 15) is 17.2 Å². The topological polar surface area (TPSA) is 58.2 Å². The predicted octanol–water partition coefficient (Wildman–Crippen LogP) is 2.49. The molecule has 0 saturated heterocycles. The molecule has 0 bridgehead atoms. The third-order valence-corrected chi connectivity index (χ3v) is 4.33. The van der Waals surface area contributed by atoms with Gasteiger partial charge in [0, 0.05) is 24.8 Å². The summed E-state index contributed by atoms with van der Waals surface area (Å²) in [6.07, 6.45) is 0. The van der Waals surface area contributed by atoms with E-state index in [4.69, 9.17) is 0 Å². The van der Waals surface area contributed by atoms with Crippen LogP contribution in [0.25, 0.3) is 0 Å². The van der Waals surface area contributed by atoms with Gasteiger partial charge in [0.1, 0.15) is 11.6 Å². The molecule has 0 unspecified atom stereocenters. The normalized spacial score (nSPS) is 11.4. The lowest BCUT2D eigenvalue weighted by Gasteiger charge is -2.08. The molecule has 0 aliphatic heterocycles. The van der Waals surface area contributed by atoms with Gasteiger partial charge in [-0.05, 0) is 42.5 Å². The van der Waals surface area contributed by atoms with E-state index in [-0.39, 0.29) is 17.0 Å². The number of anilines is 1. The molecule has 2 aromatic carbocycles. The number of halogens is 2. The van der Waals surface area contributed by atoms with Gasteiger partial charge in [0.05, 0.1) is 4.90 Å². The SMILES string of the molecule is CNc1ccc(S(=O)(=O)NCc2cc(F)ccc2F)cc1. The summed E-state index contributed by atoms with van der Waals surface area (Å²) in [5, 5.41) is 2.87. The zero-order valence-electron chi connectivity index (χ0n) is 11.2. The fraction of sp³-hybridized carbons (Fsp3) is 0.143. The van der Waals surface area contributed by atoms with Gasteiger partial charge in [-0.15, -0.1) is 0 Å². The highest BCUT2D eigenvalue weighted by molar-refractivity contribution is 7.89. The summed E-state index contributed by atoms with van der Waals surface area (Å²) in [5.74, 6) is -1.28. The lowest BCUT2D eigenvalue weighted by molar-refractivity contribution is 0.567. The van der Waals surface area contributed by atoms with Crippen molar-refractivity contribution >= 4 is 15.7 Å². The number of benzene rings is 2. The van der Waals surface area contributed by atoms with Crippen molar-refractivity contribution in [1.82, 2.24) is 4.72 Å². The maximum atomic E-state index is 13.4. The Morgan fingerprint density at radius 1 is 1.05 bits per heavy atom. The number of nitrogens with one attached hydrogen (secondary N) is 2. The molecule has 0 radical (unpaired) electrons. The Morgan fingerprint density at radius 2 is 1.71 bits per heavy atom. The van der Waals surface area contributed by atoms with E-state index in [1.165, 1.54) is 12.1 Å². The molecule has 0 atom stereocenters. The standard InChI is InChI=1S/C14H14F2N2O2S/c1-17-12-3-5-13(6-4-12)21(19,20)18-9-10-8-11(15)2-7-14(10)16/h2-8,17-18H,9H2,1H3. The van der Waals surface area contributed by atoms with Gasteiger partial charge < -0.3 is 5.32 Å². The van der Waals surface area contributed by atoms with Gasteiger partial charge in [-0.25, -0.2) is 21.9 Å². The van der Waals surface area contributed by atoms with E-state index in [2.05, 4.69) is 10.0 Å². The molecule has 0 aromatic heterocycles. The Hall–Kier alpha value is -1.99. The second-order valence-electron chi connectivity index (χ2n) is 4.33. The monoisotopic (exact) mass is 312 g/mol. The number of sulfonamides is 1. The first kappa shape index (κ1) is 15.4. The van der Waals surface area contributed by atoms with Crippen LogP contribution in [0.2, 0.25) is 0 Å². The summed E-state index contributed by atoms with van der Waals surface area (Å²) in [4.78, 5) is 0.0540. The quantitative estimate of drug-likeness (QED) is 0.892. The average Bonchev–Trinajstić information content (AvgIpc) is 2.48. The molecule has 0 aliphatic carbocycles. The highest BCUT2D eigenvalue weighted by Gasteiger charge is 2.14. The summed E-state index contributed by atoms with van der Waals surface area (Å²) in [6, 6.07) is 8.97. The number of hydrogen-bond acceptors (Lipinski definition) is 3. The van der Waals surface area contributed by atoms with Gasteiger partial charge >= 0.3 is 0 Å². The Labute approximate surface area is 121 Å². The molecule has 2 rings (SSSR count). The third-order valence-electron chi connectivity index (χ3n) is 2.91. The van der Waals surface area contributed by atoms with Crippen molar-refractivity contribution in [3.8, 4) is 0 Å². The van der Waals surface area contributed by atoms with E-state index in [1.807, 2.05) is 0 Å². The van der Waals surface area contributed by atoms with Crippen molar-refractivity contribution in [2.45, 2.75) is 11.4 Å². The molecule has 112 valence electrons. The fourth-order valence-electron chi connectivity index (χ4n) is 1.74. The molecule has 0 amide bonds. The van der Waals surface area contributed by atoms with Crippen molar-refractivity contribution in [3.05, 3.63) is 59.7 Å². The van der Waals surface area contributed by atoms with Crippen LogP contribution in [0.5, 0.6) is 0 Å². The van der Waals surface area contributed by atoms with Crippen LogP contribution in [-0.4, -0.2) is 15.5 Å². The van der Waals surface area contributed by atoms with E-state index in [0.717, 1.165) is 23.9 Å². The van der Waals surface area contributed by atoms with Gasteiger partial charge in [-0.3, -0.25) is 0 Å². The third kappa shape index (κ3) is 3.77. The van der Waals surface area contributed by atoms with Crippen molar-refractivity contribution in [2.75, 3.05) is 12.4 Å². The smallest absolute Gasteiger partial charge is 0.240 e. The van der Waals surface area contributed by atoms with Crippen molar-refractivity contribution in [1.29, 1.82) is 0 Å². The van der Waals surface area contributed by atoms with E-state index in [0.29, 0.717) is 0 Å². The van der Waals surface area contributed by atoms with E-state index < -0.39 is 21.7 Å². The van der Waals surface area contributed by atoms with Gasteiger partial charge in [0.25, 0.3) is 0 Å². The van der Waals surface area contributed by atoms with Crippen LogP contribution in [0.1, 0.15) is 5.56 Å². The second-order valence-corrected chi connectivity index (χ2v) is 6.10. The molecule has 0 fully saturated rings. The van der Waals surface area contributed by atoms with Crippen molar-refractivity contribution in [2.24, 2.45) is 0 Å². The zero-order chi connectivity index (χ0) is 15.5. The van der Waals surface area contributed by atoms with Crippen molar-refractivity contribution < 1.29 is 17.2 Å². The maximum Gasteiger partial charge on any atom is 0.240 e. The maximum absolute atomic E-state index is 13.4. The number of hydrogen-bond donors (Lipinski definition) is 2. The molecule has 0 spiro atoms. The fourth-order valence-corrected chi connectivity index (χ4v) is 2.74. The lowest BCUT2D eigenvalue weighted by Crippen LogP contribution is -2.23. The van der Waals surface area contributed by atoms with Crippen molar-refractivity contribution in [3.63, 3.8) is 0 Å². The minimum atomic E-state index is -3.78. The second kappa shape index (κ2) is 6.19. The molecule has 21 heavy (non-hydrogen) atoms. The zero-order valence-corrected chi connectivity index (χ0v) is 12.0. The summed E-state index contributed by atoms with van der Waals surface area (Å²) in [6.45, 7) is -0.320. The van der Waals surface area contributed by atoms with Crippen LogP contribution in [0, 0.1) is 11.6 Å². The minimum absolute atomic E-state index is 0.0505. The Bertz CT molecular complexity index is 731. The molecule has 0 heterocycles. The first-order valence-corrected chi connectivity index (χ1v) is 7.62. The molecular weight excluding hydrogens is 298 g/mol. The largest absolute Gasteiger partial charge is 0.388 e. The molecule has 2 aromatic rings. The van der Waals surface area contributed by atoms with Gasteiger partial charge in [-0.2, -0.15) is 0 Å². The lowest BCUT2D eigenvalue weighted by atomic mass is 10.2. The predicted molar refractivity (Wildman–Crippen MR) is 76.4 cm³/mol. The highest BCUT2D eigenvalue weighted by Crippen LogP contribution is 2.15. The minimum Gasteiger partial charge on any atom is -0.388 e. The average molecular weight is 312 g/mol. The molecule has 0 aliphatic rings. The Kier molecular flexibility index (Phi) is 4.54. The summed E-state index contributed by atoms with van der Waals surface area (Å²) in [5.41, 5.74) is 0.718. The number of rotatable bonds is 5. The molecule has 2 N–H and O–H groups in total. The van der Waals surface area contributed by atoms with Crippen LogP contribution in [0.4, 0.5) is 14.5 Å². The van der Waals surface area contributed by atoms with E-state index in [1.54, 1.807) is 19.2 Å². The first-order chi connectivity index (χ1) is 9.92. The van der Waals surface area contributed by atoms with Crippen LogP contribution in [0.3, 0.4) is 0 Å². The van der Waals surface area contributed by atoms with Crippen LogP contribution < -0.4 is 10.0 Å². The molecule has 7 heteroatoms. The summed E-state index contributed by atoms with van der Waals surface area (Å²) in [7, 11) is -2.06. The van der Waals surface area contributed by atoms with E-state index >= 15 is 0 Å². The Morgan fingerprint density at radius 3 is 2.33 bits per heavy atom. The van der Waals surface area contributed by atoms with Crippen LogP contribution in [-0.2, 0) is 16.6 Å². The Balaban J connectivity index is 2.15. The summed E-state index contributed by atoms with van der Waals surface area (Å²) >= 11 is 0. The van der Waals surface area contributed by atoms with Gasteiger partial charge in [0.2, 0.25) is 10.0 Å². The summed E-state index contributed by atoms with van der Waals surface area (Å²) < 4.78 is 52.8. The first-order valence-electron chi connectivity index (χ1n) is 6.14. The molecular formula is C14H14F2N2O2S. The van der Waals surface area contributed by atoms with Gasteiger partial charge in [0.15, 0.2) is 0 Å². The van der Waals surface area contributed by atoms with Gasteiger partial charge in [-0.1, -0.05) is 0 Å². The van der Waals surface area contributed by atoms with Crippen LogP contribution >= 0.6 is 0 Å². The van der Waals surface area contributed by atoms with Crippen LogP contribution in [0.15, 0.2) is 47.4 Å². The molecule has 4 nitrogen and oxygen atoms in total. The molecule has 0 saturated carbocycles. The highest BCUT2D eigenvalue weighted by atomic mass is 32.2.